The zero-order valence-electron chi connectivity index (χ0n) is 10.3. The number of amides is 2. The van der Waals surface area contributed by atoms with Gasteiger partial charge in [0.2, 0.25) is 11.8 Å². The maximum absolute atomic E-state index is 11.7. The average Bonchev–Trinajstić information content (AvgIpc) is 2.23. The lowest BCUT2D eigenvalue weighted by molar-refractivity contribution is -0.148. The number of carbonyl (C=O) groups excluding carboxylic acids is 2. The Kier molecular flexibility index (Phi) is 4.26. The monoisotopic (exact) mass is 262 g/mol. The smallest absolute Gasteiger partial charge is 0.246 e. The lowest BCUT2D eigenvalue weighted by Crippen LogP contribution is -2.57. The molecule has 17 heavy (non-hydrogen) atoms. The fourth-order valence-corrected chi connectivity index (χ4v) is 2.38. The van der Waals surface area contributed by atoms with Crippen LogP contribution in [0.25, 0.3) is 0 Å². The van der Waals surface area contributed by atoms with Gasteiger partial charge < -0.3 is 0 Å². The molecule has 0 spiro atoms. The third kappa shape index (κ3) is 3.26. The van der Waals surface area contributed by atoms with Crippen molar-refractivity contribution >= 4 is 21.7 Å². The van der Waals surface area contributed by atoms with Gasteiger partial charge in [0.15, 0.2) is 9.84 Å². The topological polar surface area (TPSA) is 83.6 Å². The second-order valence-corrected chi connectivity index (χ2v) is 7.08. The molecule has 1 heterocycles. The molecule has 7 heteroatoms. The van der Waals surface area contributed by atoms with E-state index in [1.165, 1.54) is 0 Å². The normalized spacial score (nSPS) is 22.4. The van der Waals surface area contributed by atoms with Gasteiger partial charge in [-0.2, -0.15) is 0 Å². The van der Waals surface area contributed by atoms with E-state index < -0.39 is 21.1 Å². The van der Waals surface area contributed by atoms with Crippen molar-refractivity contribution in [2.75, 3.05) is 18.8 Å². The number of hydrogen-bond acceptors (Lipinski definition) is 5. The Hall–Kier alpha value is -0.950. The van der Waals surface area contributed by atoms with Crippen LogP contribution in [0.1, 0.15) is 20.8 Å². The second kappa shape index (κ2) is 5.14. The number of nitrogens with zero attached hydrogens (tertiary/aromatic N) is 1. The van der Waals surface area contributed by atoms with E-state index in [2.05, 4.69) is 5.32 Å². The average molecular weight is 262 g/mol. The van der Waals surface area contributed by atoms with Gasteiger partial charge in [-0.25, -0.2) is 8.42 Å². The van der Waals surface area contributed by atoms with E-state index in [-0.39, 0.29) is 30.7 Å². The van der Waals surface area contributed by atoms with Crippen LogP contribution in [0.15, 0.2) is 0 Å². The molecule has 1 unspecified atom stereocenters. The molecule has 1 saturated heterocycles. The van der Waals surface area contributed by atoms with Crippen molar-refractivity contribution in [3.8, 4) is 0 Å². The highest BCUT2D eigenvalue weighted by Gasteiger charge is 2.32. The number of hydrogen-bond donors (Lipinski definition) is 1. The highest BCUT2D eigenvalue weighted by atomic mass is 32.2. The van der Waals surface area contributed by atoms with Crippen LogP contribution in [-0.4, -0.2) is 55.3 Å². The van der Waals surface area contributed by atoms with E-state index >= 15 is 0 Å². The third-order valence-electron chi connectivity index (χ3n) is 2.81. The predicted octanol–water partition coefficient (Wildman–Crippen LogP) is -0.843. The van der Waals surface area contributed by atoms with Gasteiger partial charge in [-0.3, -0.25) is 19.8 Å². The summed E-state index contributed by atoms with van der Waals surface area (Å²) >= 11 is 0. The Labute approximate surface area is 101 Å². The summed E-state index contributed by atoms with van der Waals surface area (Å²) in [6.45, 7) is 4.84. The molecule has 0 saturated carbocycles. The van der Waals surface area contributed by atoms with Gasteiger partial charge >= 0.3 is 0 Å². The number of carbonyl (C=O) groups is 2. The van der Waals surface area contributed by atoms with Crippen LogP contribution in [0, 0.1) is 0 Å². The minimum atomic E-state index is -3.23. The Morgan fingerprint density at radius 1 is 1.41 bits per heavy atom. The van der Waals surface area contributed by atoms with Gasteiger partial charge in [0.25, 0.3) is 0 Å². The van der Waals surface area contributed by atoms with Gasteiger partial charge in [0.05, 0.1) is 23.6 Å². The molecule has 1 fully saturated rings. The summed E-state index contributed by atoms with van der Waals surface area (Å²) < 4.78 is 23.2. The SMILES string of the molecule is CC1NCC(=O)N(CCS(=O)(=O)C(C)C)C1=O. The first-order chi connectivity index (χ1) is 7.75. The van der Waals surface area contributed by atoms with Crippen LogP contribution in [0.4, 0.5) is 0 Å². The molecule has 0 aromatic carbocycles. The Morgan fingerprint density at radius 3 is 2.53 bits per heavy atom. The van der Waals surface area contributed by atoms with E-state index in [4.69, 9.17) is 0 Å². The van der Waals surface area contributed by atoms with E-state index in [1.54, 1.807) is 20.8 Å². The number of imide groups is 1. The molecule has 6 nitrogen and oxygen atoms in total. The molecule has 0 bridgehead atoms. The summed E-state index contributed by atoms with van der Waals surface area (Å²) in [6, 6.07) is -0.436. The van der Waals surface area contributed by atoms with Gasteiger partial charge in [0.1, 0.15) is 0 Å². The first-order valence-electron chi connectivity index (χ1n) is 5.55. The fourth-order valence-electron chi connectivity index (χ4n) is 1.47. The Balaban J connectivity index is 2.68. The second-order valence-electron chi connectivity index (χ2n) is 4.40. The van der Waals surface area contributed by atoms with Gasteiger partial charge in [-0.1, -0.05) is 0 Å². The maximum Gasteiger partial charge on any atom is 0.246 e. The zero-order chi connectivity index (χ0) is 13.2. The van der Waals surface area contributed by atoms with Crippen LogP contribution in [0.3, 0.4) is 0 Å². The molecule has 0 radical (unpaired) electrons. The first kappa shape index (κ1) is 14.1. The molecule has 0 aromatic rings. The molecular weight excluding hydrogens is 244 g/mol. The molecular formula is C10H18N2O4S. The fraction of sp³-hybridized carbons (Fsp3) is 0.800. The summed E-state index contributed by atoms with van der Waals surface area (Å²) in [5, 5.41) is 2.25. The van der Waals surface area contributed by atoms with Gasteiger partial charge in [-0.15, -0.1) is 0 Å². The van der Waals surface area contributed by atoms with Crippen LogP contribution in [0.5, 0.6) is 0 Å². The zero-order valence-corrected chi connectivity index (χ0v) is 11.1. The third-order valence-corrected chi connectivity index (χ3v) is 5.00. The molecule has 0 aromatic heterocycles. The van der Waals surface area contributed by atoms with Crippen LogP contribution in [-0.2, 0) is 19.4 Å². The number of sulfone groups is 1. The van der Waals surface area contributed by atoms with Gasteiger partial charge in [0, 0.05) is 6.54 Å². The van der Waals surface area contributed by atoms with Crippen LogP contribution >= 0.6 is 0 Å². The number of rotatable bonds is 4. The highest BCUT2D eigenvalue weighted by molar-refractivity contribution is 7.92. The number of nitrogens with one attached hydrogen (secondary N) is 1. The molecule has 1 aliphatic heterocycles. The summed E-state index contributed by atoms with van der Waals surface area (Å²) in [6.07, 6.45) is 0. The molecule has 98 valence electrons. The van der Waals surface area contributed by atoms with Crippen molar-refractivity contribution < 1.29 is 18.0 Å². The molecule has 1 aliphatic rings. The van der Waals surface area contributed by atoms with Crippen molar-refractivity contribution in [1.82, 2.24) is 10.2 Å². The van der Waals surface area contributed by atoms with Crippen molar-refractivity contribution in [3.63, 3.8) is 0 Å². The lowest BCUT2D eigenvalue weighted by atomic mass is 10.2. The summed E-state index contributed by atoms with van der Waals surface area (Å²) in [5.74, 6) is -0.901. The minimum Gasteiger partial charge on any atom is -0.298 e. The largest absolute Gasteiger partial charge is 0.298 e. The summed E-state index contributed by atoms with van der Waals surface area (Å²) in [5.41, 5.74) is 0. The Morgan fingerprint density at radius 2 is 2.00 bits per heavy atom. The lowest BCUT2D eigenvalue weighted by Gasteiger charge is -2.29. The highest BCUT2D eigenvalue weighted by Crippen LogP contribution is 2.06. The summed E-state index contributed by atoms with van der Waals surface area (Å²) in [7, 11) is -3.23. The van der Waals surface area contributed by atoms with E-state index in [1.807, 2.05) is 0 Å². The standard InChI is InChI=1S/C10H18N2O4S/c1-7(2)17(15,16)5-4-12-9(13)6-11-8(3)10(12)14/h7-8,11H,4-6H2,1-3H3. The van der Waals surface area contributed by atoms with E-state index in [9.17, 15) is 18.0 Å². The maximum atomic E-state index is 11.7. The van der Waals surface area contributed by atoms with Crippen molar-refractivity contribution in [2.24, 2.45) is 0 Å². The molecule has 2 amide bonds. The molecule has 1 N–H and O–H groups in total. The molecule has 0 aliphatic carbocycles. The number of piperazine rings is 1. The predicted molar refractivity (Wildman–Crippen MR) is 63.1 cm³/mol. The van der Waals surface area contributed by atoms with E-state index in [0.29, 0.717) is 0 Å². The Bertz CT molecular complexity index is 416. The first-order valence-corrected chi connectivity index (χ1v) is 7.26. The van der Waals surface area contributed by atoms with Crippen molar-refractivity contribution in [1.29, 1.82) is 0 Å². The quantitative estimate of drug-likeness (QED) is 0.668. The van der Waals surface area contributed by atoms with Crippen molar-refractivity contribution in [3.05, 3.63) is 0 Å². The van der Waals surface area contributed by atoms with E-state index in [0.717, 1.165) is 4.90 Å². The van der Waals surface area contributed by atoms with Gasteiger partial charge in [-0.05, 0) is 20.8 Å². The minimum absolute atomic E-state index is 0.0514. The molecule has 1 atom stereocenters. The summed E-state index contributed by atoms with van der Waals surface area (Å²) in [4.78, 5) is 24.2. The molecule has 1 rings (SSSR count). The van der Waals surface area contributed by atoms with Crippen LogP contribution < -0.4 is 5.32 Å². The van der Waals surface area contributed by atoms with Crippen molar-refractivity contribution in [2.45, 2.75) is 32.1 Å². The van der Waals surface area contributed by atoms with Crippen LogP contribution in [0.2, 0.25) is 0 Å².